The minimum Gasteiger partial charge on any atom is -0.357 e. The quantitative estimate of drug-likeness (QED) is 0.585. The summed E-state index contributed by atoms with van der Waals surface area (Å²) in [4.78, 5) is 21.6. The van der Waals surface area contributed by atoms with Crippen LogP contribution in [0, 0.1) is 0 Å². The van der Waals surface area contributed by atoms with Gasteiger partial charge in [-0.1, -0.05) is 11.6 Å². The average molecular weight is 465 g/mol. The maximum absolute atomic E-state index is 12.8. The van der Waals surface area contributed by atoms with Gasteiger partial charge in [0.1, 0.15) is 5.82 Å². The highest BCUT2D eigenvalue weighted by atomic mass is 35.5. The van der Waals surface area contributed by atoms with Gasteiger partial charge in [0, 0.05) is 45.1 Å². The molecule has 2 aromatic heterocycles. The highest BCUT2D eigenvalue weighted by Crippen LogP contribution is 2.30. The molecule has 12 heteroatoms. The summed E-state index contributed by atoms with van der Waals surface area (Å²) in [6, 6.07) is 8.27. The Morgan fingerprint density at radius 3 is 2.19 bits per heavy atom. The molecule has 0 bridgehead atoms. The molecule has 0 spiro atoms. The summed E-state index contributed by atoms with van der Waals surface area (Å²) in [5, 5.41) is 6.43. The van der Waals surface area contributed by atoms with Crippen LogP contribution in [0.1, 0.15) is 5.56 Å². The Balaban J connectivity index is 1.48. The molecule has 1 saturated heterocycles. The van der Waals surface area contributed by atoms with Crippen LogP contribution in [0.2, 0.25) is 5.02 Å². The zero-order valence-corrected chi connectivity index (χ0v) is 17.8. The van der Waals surface area contributed by atoms with E-state index in [1.807, 2.05) is 4.90 Å². The number of hydrogen-bond donors (Lipinski definition) is 2. The molecule has 1 aliphatic heterocycles. The SMILES string of the molecule is CNc1nc(Nc2ccc(C(F)(F)F)cc2)nc(N2CCN(c3ncccc3Cl)CC2)n1. The number of halogens is 4. The molecule has 168 valence electrons. The third kappa shape index (κ3) is 4.93. The molecular formula is C20H20ClF3N8. The second-order valence-corrected chi connectivity index (χ2v) is 7.42. The largest absolute Gasteiger partial charge is 0.416 e. The summed E-state index contributed by atoms with van der Waals surface area (Å²) in [5.41, 5.74) is -0.284. The lowest BCUT2D eigenvalue weighted by Crippen LogP contribution is -2.47. The standard InChI is InChI=1S/C20H20ClF3N8/c1-25-17-28-18(27-14-6-4-13(5-7-14)20(22,23)24)30-19(29-17)32-11-9-31(10-12-32)16-15(21)3-2-8-26-16/h2-8H,9-12H2,1H3,(H2,25,27,28,29,30). The highest BCUT2D eigenvalue weighted by Gasteiger charge is 2.30. The van der Waals surface area contributed by atoms with Crippen molar-refractivity contribution >= 4 is 41.0 Å². The van der Waals surface area contributed by atoms with Crippen LogP contribution in [0.4, 0.5) is 42.5 Å². The number of piperazine rings is 1. The van der Waals surface area contributed by atoms with E-state index in [4.69, 9.17) is 11.6 Å². The Morgan fingerprint density at radius 2 is 1.56 bits per heavy atom. The fourth-order valence-electron chi connectivity index (χ4n) is 3.27. The molecule has 3 aromatic rings. The van der Waals surface area contributed by atoms with Crippen molar-refractivity contribution in [1.29, 1.82) is 0 Å². The predicted octanol–water partition coefficient (Wildman–Crippen LogP) is 4.05. The topological polar surface area (TPSA) is 82.1 Å². The number of nitrogens with zero attached hydrogens (tertiary/aromatic N) is 6. The fourth-order valence-corrected chi connectivity index (χ4v) is 3.51. The van der Waals surface area contributed by atoms with Crippen LogP contribution in [0.3, 0.4) is 0 Å². The first-order valence-electron chi connectivity index (χ1n) is 9.82. The van der Waals surface area contributed by atoms with Gasteiger partial charge < -0.3 is 20.4 Å². The first kappa shape index (κ1) is 21.9. The number of nitrogens with one attached hydrogen (secondary N) is 2. The van der Waals surface area contributed by atoms with E-state index in [-0.39, 0.29) is 5.95 Å². The predicted molar refractivity (Wildman–Crippen MR) is 118 cm³/mol. The molecule has 3 heterocycles. The van der Waals surface area contributed by atoms with Crippen LogP contribution in [0.15, 0.2) is 42.6 Å². The second-order valence-electron chi connectivity index (χ2n) is 7.02. The molecular weight excluding hydrogens is 445 g/mol. The zero-order chi connectivity index (χ0) is 22.7. The molecule has 32 heavy (non-hydrogen) atoms. The monoisotopic (exact) mass is 464 g/mol. The number of alkyl halides is 3. The van der Waals surface area contributed by atoms with Gasteiger partial charge in [0.2, 0.25) is 17.8 Å². The first-order chi connectivity index (χ1) is 15.3. The Labute approximate surface area is 187 Å². The van der Waals surface area contributed by atoms with Crippen molar-refractivity contribution < 1.29 is 13.2 Å². The van der Waals surface area contributed by atoms with E-state index in [2.05, 4.69) is 35.5 Å². The van der Waals surface area contributed by atoms with Gasteiger partial charge in [-0.05, 0) is 36.4 Å². The van der Waals surface area contributed by atoms with Crippen LogP contribution < -0.4 is 20.4 Å². The number of benzene rings is 1. The van der Waals surface area contributed by atoms with Crippen LogP contribution in [-0.4, -0.2) is 53.2 Å². The van der Waals surface area contributed by atoms with Gasteiger partial charge in [-0.2, -0.15) is 28.1 Å². The number of anilines is 5. The Morgan fingerprint density at radius 1 is 0.906 bits per heavy atom. The Bertz CT molecular complexity index is 1070. The van der Waals surface area contributed by atoms with Gasteiger partial charge in [0.15, 0.2) is 0 Å². The first-order valence-corrected chi connectivity index (χ1v) is 10.2. The van der Waals surface area contributed by atoms with E-state index in [1.165, 1.54) is 12.1 Å². The number of pyridine rings is 1. The summed E-state index contributed by atoms with van der Waals surface area (Å²) in [5.74, 6) is 1.78. The van der Waals surface area contributed by atoms with Crippen molar-refractivity contribution in [1.82, 2.24) is 19.9 Å². The van der Waals surface area contributed by atoms with Gasteiger partial charge in [0.05, 0.1) is 10.6 Å². The van der Waals surface area contributed by atoms with Crippen molar-refractivity contribution in [3.05, 3.63) is 53.2 Å². The number of aromatic nitrogens is 4. The van der Waals surface area contributed by atoms with Gasteiger partial charge in [0.25, 0.3) is 0 Å². The molecule has 1 fully saturated rings. The Kier molecular flexibility index (Phi) is 6.17. The van der Waals surface area contributed by atoms with Crippen molar-refractivity contribution in [2.75, 3.05) is 53.7 Å². The van der Waals surface area contributed by atoms with E-state index < -0.39 is 11.7 Å². The number of rotatable bonds is 5. The second kappa shape index (κ2) is 9.03. The minimum atomic E-state index is -4.39. The summed E-state index contributed by atoms with van der Waals surface area (Å²) in [6.45, 7) is 2.64. The van der Waals surface area contributed by atoms with Crippen LogP contribution in [0.25, 0.3) is 0 Å². The molecule has 0 amide bonds. The molecule has 8 nitrogen and oxygen atoms in total. The van der Waals surface area contributed by atoms with Crippen molar-refractivity contribution in [3.8, 4) is 0 Å². The Hall–Kier alpha value is -3.34. The van der Waals surface area contributed by atoms with Gasteiger partial charge in [-0.15, -0.1) is 0 Å². The third-order valence-corrected chi connectivity index (χ3v) is 5.21. The van der Waals surface area contributed by atoms with Crippen LogP contribution >= 0.6 is 11.6 Å². The third-order valence-electron chi connectivity index (χ3n) is 4.92. The summed E-state index contributed by atoms with van der Waals surface area (Å²) >= 11 is 6.25. The summed E-state index contributed by atoms with van der Waals surface area (Å²) in [6.07, 6.45) is -2.68. The lowest BCUT2D eigenvalue weighted by Gasteiger charge is -2.35. The molecule has 0 radical (unpaired) electrons. The summed E-state index contributed by atoms with van der Waals surface area (Å²) in [7, 11) is 1.68. The number of hydrogen-bond acceptors (Lipinski definition) is 8. The minimum absolute atomic E-state index is 0.231. The van der Waals surface area contributed by atoms with Crippen molar-refractivity contribution in [2.24, 2.45) is 0 Å². The lowest BCUT2D eigenvalue weighted by atomic mass is 10.2. The van der Waals surface area contributed by atoms with E-state index >= 15 is 0 Å². The maximum Gasteiger partial charge on any atom is 0.416 e. The molecule has 2 N–H and O–H groups in total. The molecule has 0 atom stereocenters. The molecule has 0 unspecified atom stereocenters. The average Bonchev–Trinajstić information content (AvgIpc) is 2.79. The normalized spacial score (nSPS) is 14.4. The van der Waals surface area contributed by atoms with E-state index in [0.717, 1.165) is 18.0 Å². The van der Waals surface area contributed by atoms with Crippen molar-refractivity contribution in [3.63, 3.8) is 0 Å². The molecule has 0 saturated carbocycles. The zero-order valence-electron chi connectivity index (χ0n) is 17.1. The van der Waals surface area contributed by atoms with E-state index in [9.17, 15) is 13.2 Å². The van der Waals surface area contributed by atoms with E-state index in [0.29, 0.717) is 48.8 Å². The van der Waals surface area contributed by atoms with Gasteiger partial charge in [-0.25, -0.2) is 4.98 Å². The molecule has 0 aliphatic carbocycles. The smallest absolute Gasteiger partial charge is 0.357 e. The van der Waals surface area contributed by atoms with Gasteiger partial charge in [-0.3, -0.25) is 0 Å². The van der Waals surface area contributed by atoms with Crippen LogP contribution in [0.5, 0.6) is 0 Å². The van der Waals surface area contributed by atoms with Gasteiger partial charge >= 0.3 is 6.18 Å². The molecule has 1 aliphatic rings. The van der Waals surface area contributed by atoms with Crippen LogP contribution in [-0.2, 0) is 6.18 Å². The molecule has 1 aromatic carbocycles. The fraction of sp³-hybridized carbons (Fsp3) is 0.300. The van der Waals surface area contributed by atoms with Crippen molar-refractivity contribution in [2.45, 2.75) is 6.18 Å². The lowest BCUT2D eigenvalue weighted by molar-refractivity contribution is -0.137. The summed E-state index contributed by atoms with van der Waals surface area (Å²) < 4.78 is 38.3. The van der Waals surface area contributed by atoms with E-state index in [1.54, 1.807) is 25.4 Å². The maximum atomic E-state index is 12.8. The highest BCUT2D eigenvalue weighted by molar-refractivity contribution is 6.32. The molecule has 4 rings (SSSR count).